The lowest BCUT2D eigenvalue weighted by molar-refractivity contribution is -0.870. The van der Waals surface area contributed by atoms with Crippen molar-refractivity contribution in [1.82, 2.24) is 4.48 Å². The van der Waals surface area contributed by atoms with Gasteiger partial charge in [-0.3, -0.25) is 0 Å². The first-order valence-corrected chi connectivity index (χ1v) is 12.0. The molecule has 0 aliphatic carbocycles. The maximum absolute atomic E-state index is 6.87. The summed E-state index contributed by atoms with van der Waals surface area (Å²) in [6.07, 6.45) is 6.53. The van der Waals surface area contributed by atoms with Gasteiger partial charge in [0.15, 0.2) is 5.70 Å². The number of hydrogen-bond acceptors (Lipinski definition) is 2. The number of aryl methyl sites for hydroxylation is 2. The van der Waals surface area contributed by atoms with Gasteiger partial charge in [-0.15, -0.1) is 0 Å². The first-order chi connectivity index (χ1) is 14.8. The van der Waals surface area contributed by atoms with Crippen molar-refractivity contribution in [2.24, 2.45) is 0 Å². The van der Waals surface area contributed by atoms with Crippen LogP contribution in [0, 0.1) is 13.8 Å². The minimum Gasteiger partial charge on any atom is -0.483 e. The summed E-state index contributed by atoms with van der Waals surface area (Å²) in [6, 6.07) is 2.25. The molecule has 2 aliphatic rings. The molecule has 0 saturated carbocycles. The molecule has 0 spiro atoms. The zero-order valence-electron chi connectivity index (χ0n) is 22.2. The van der Waals surface area contributed by atoms with Crippen LogP contribution in [0.5, 0.6) is 0 Å². The quantitative estimate of drug-likeness (QED) is 0.314. The Labute approximate surface area is 195 Å². The van der Waals surface area contributed by atoms with E-state index in [2.05, 4.69) is 97.2 Å². The molecule has 3 heterocycles. The van der Waals surface area contributed by atoms with E-state index in [4.69, 9.17) is 9.31 Å². The van der Waals surface area contributed by atoms with Crippen molar-refractivity contribution in [3.63, 3.8) is 0 Å². The highest BCUT2D eigenvalue weighted by atomic mass is 16.6. The molecule has 0 atom stereocenters. The van der Waals surface area contributed by atoms with E-state index in [-0.39, 0.29) is 0 Å². The fraction of sp³-hybridized carbons (Fsp3) is 0.640. The molecular weight excluding hydrogens is 399 g/mol. The molecule has 6 nitrogen and oxygen atoms in total. The molecule has 1 aromatic rings. The Hall–Kier alpha value is -1.67. The van der Waals surface area contributed by atoms with Gasteiger partial charge in [-0.05, 0) is 38.1 Å². The smallest absolute Gasteiger partial charge is 0.483 e. The van der Waals surface area contributed by atoms with E-state index < -0.39 is 6.82 Å². The van der Waals surface area contributed by atoms with Crippen LogP contribution in [0.3, 0.4) is 0 Å². The number of rotatable bonds is 10. The second-order valence-corrected chi connectivity index (χ2v) is 11.7. The summed E-state index contributed by atoms with van der Waals surface area (Å²) < 4.78 is 20.3. The minimum absolute atomic E-state index is 0.664. The summed E-state index contributed by atoms with van der Waals surface area (Å²) in [5.74, 6) is 0. The Balaban J connectivity index is 2.01. The highest BCUT2D eigenvalue weighted by Gasteiger charge is 2.54. The van der Waals surface area contributed by atoms with E-state index >= 15 is 0 Å². The van der Waals surface area contributed by atoms with Crippen LogP contribution in [0.1, 0.15) is 43.6 Å². The van der Waals surface area contributed by atoms with E-state index in [0.717, 1.165) is 34.9 Å². The second kappa shape index (κ2) is 8.94. The molecule has 0 N–H and O–H groups in total. The molecule has 0 saturated heterocycles. The number of fused-ring (bicyclic) bond motifs is 2. The van der Waals surface area contributed by atoms with Crippen LogP contribution in [-0.4, -0.2) is 99.1 Å². The van der Waals surface area contributed by atoms with Crippen molar-refractivity contribution in [3.05, 3.63) is 40.4 Å². The van der Waals surface area contributed by atoms with Gasteiger partial charge in [0.1, 0.15) is 5.71 Å². The molecule has 0 amide bonds. The average Bonchev–Trinajstić information content (AvgIpc) is 3.10. The normalized spacial score (nSPS) is 17.9. The average molecular weight is 444 g/mol. The topological polar surface area (TPSA) is 26.4 Å². The molecule has 0 bridgehead atoms. The molecule has 1 aromatic heterocycles. The third-order valence-electron chi connectivity index (χ3n) is 6.48. The van der Waals surface area contributed by atoms with Crippen molar-refractivity contribution < 1.29 is 22.8 Å². The summed E-state index contributed by atoms with van der Waals surface area (Å²) >= 11 is 0. The van der Waals surface area contributed by atoms with Gasteiger partial charge in [-0.25, -0.2) is 0 Å². The molecule has 0 unspecified atom stereocenters. The molecule has 0 fully saturated rings. The monoisotopic (exact) mass is 444 g/mol. The summed E-state index contributed by atoms with van der Waals surface area (Å²) in [5.41, 5.74) is 7.31. The van der Waals surface area contributed by atoms with Crippen LogP contribution in [-0.2, 0) is 9.31 Å². The number of nitrogens with zero attached hydrogens (tertiary/aromatic N) is 4. The van der Waals surface area contributed by atoms with Crippen molar-refractivity contribution in [2.75, 3.05) is 68.6 Å². The van der Waals surface area contributed by atoms with Crippen LogP contribution < -0.4 is 0 Å². The van der Waals surface area contributed by atoms with E-state index in [0.29, 0.717) is 13.2 Å². The summed E-state index contributed by atoms with van der Waals surface area (Å²) in [5, 5.41) is 0. The van der Waals surface area contributed by atoms with Crippen LogP contribution >= 0.6 is 0 Å². The molecule has 0 aromatic carbocycles. The number of aromatic nitrogens is 1. The largest absolute Gasteiger partial charge is 0.666 e. The summed E-state index contributed by atoms with van der Waals surface area (Å²) in [6.45, 7) is 10.3. The van der Waals surface area contributed by atoms with Gasteiger partial charge in [0.05, 0.1) is 55.4 Å². The Morgan fingerprint density at radius 2 is 1.38 bits per heavy atom. The maximum Gasteiger partial charge on any atom is 0.666 e. The third kappa shape index (κ3) is 5.12. The molecule has 0 radical (unpaired) electrons. The van der Waals surface area contributed by atoms with Crippen LogP contribution in [0.2, 0.25) is 0 Å². The lowest BCUT2D eigenvalue weighted by atomic mass is 9.81. The van der Waals surface area contributed by atoms with E-state index in [9.17, 15) is 0 Å². The zero-order valence-corrected chi connectivity index (χ0v) is 22.2. The molecule has 32 heavy (non-hydrogen) atoms. The summed E-state index contributed by atoms with van der Waals surface area (Å²) in [7, 11) is 13.4. The third-order valence-corrected chi connectivity index (χ3v) is 6.48. The predicted molar refractivity (Wildman–Crippen MR) is 135 cm³/mol. The van der Waals surface area contributed by atoms with E-state index in [1.807, 2.05) is 0 Å². The molecule has 2 aliphatic heterocycles. The van der Waals surface area contributed by atoms with Crippen molar-refractivity contribution in [2.45, 2.75) is 40.5 Å². The Bertz CT molecular complexity index is 936. The van der Waals surface area contributed by atoms with Crippen molar-refractivity contribution in [1.29, 1.82) is 0 Å². The van der Waals surface area contributed by atoms with Gasteiger partial charge < -0.3 is 27.2 Å². The molecule has 3 rings (SSSR count). The maximum atomic E-state index is 6.87. The lowest BCUT2D eigenvalue weighted by Crippen LogP contribution is -2.62. The Morgan fingerprint density at radius 1 is 0.844 bits per heavy atom. The predicted octanol–water partition coefficient (Wildman–Crippen LogP) is 3.40. The number of quaternary nitrogens is 2. The molecule has 178 valence electrons. The van der Waals surface area contributed by atoms with Gasteiger partial charge in [-0.2, -0.15) is 0 Å². The number of hydrogen-bond donors (Lipinski definition) is 0. The van der Waals surface area contributed by atoms with Crippen LogP contribution in [0.4, 0.5) is 0 Å². The molecule has 7 heteroatoms. The fourth-order valence-electron chi connectivity index (χ4n) is 5.05. The SMILES string of the molecule is CC1=CC(C)=[N+]2C1=Cc1c(C)cc(C)n1[B-]2(OCCC[N+](C)(C)C)OCCC[N+](C)(C)C. The van der Waals surface area contributed by atoms with Gasteiger partial charge in [-0.1, -0.05) is 0 Å². The zero-order chi connectivity index (χ0) is 23.9. The van der Waals surface area contributed by atoms with E-state index in [1.54, 1.807) is 0 Å². The second-order valence-electron chi connectivity index (χ2n) is 11.7. The highest BCUT2D eigenvalue weighted by Crippen LogP contribution is 2.36. The first-order valence-electron chi connectivity index (χ1n) is 12.0. The standard InChI is InChI=1S/C25H45BN4O2/c1-20-17-22(3)27-24(20)19-25-21(2)18-23(4)28(25)26(27,31-15-11-13-29(5,6)7)32-16-12-14-30(8,9)10/h17-19H,11-16H2,1-10H3/q+2. The first kappa shape index (κ1) is 25.0. The van der Waals surface area contributed by atoms with Gasteiger partial charge in [0.25, 0.3) is 0 Å². The minimum atomic E-state index is -1.89. The van der Waals surface area contributed by atoms with Gasteiger partial charge in [0.2, 0.25) is 0 Å². The van der Waals surface area contributed by atoms with Gasteiger partial charge >= 0.3 is 6.82 Å². The van der Waals surface area contributed by atoms with E-state index in [1.165, 1.54) is 33.9 Å². The van der Waals surface area contributed by atoms with Gasteiger partial charge in [0, 0.05) is 56.4 Å². The fourth-order valence-corrected chi connectivity index (χ4v) is 5.05. The highest BCUT2D eigenvalue weighted by molar-refractivity contribution is 6.59. The van der Waals surface area contributed by atoms with Crippen LogP contribution in [0.25, 0.3) is 6.08 Å². The van der Waals surface area contributed by atoms with Crippen molar-refractivity contribution in [3.8, 4) is 0 Å². The lowest BCUT2D eigenvalue weighted by Gasteiger charge is -2.42. The number of allylic oxidation sites excluding steroid dienone is 2. The summed E-state index contributed by atoms with van der Waals surface area (Å²) in [4.78, 5) is 0. The van der Waals surface area contributed by atoms with Crippen LogP contribution in [0.15, 0.2) is 23.4 Å². The molecular formula is C25H45BN4O2+2. The van der Waals surface area contributed by atoms with Crippen molar-refractivity contribution >= 4 is 18.6 Å². The Kier molecular flexibility index (Phi) is 6.97. The Morgan fingerprint density at radius 3 is 1.88 bits per heavy atom.